The Labute approximate surface area is 106 Å². The summed E-state index contributed by atoms with van der Waals surface area (Å²) in [6.07, 6.45) is 0. The minimum absolute atomic E-state index is 0.150. The Balaban J connectivity index is 2.46. The summed E-state index contributed by atoms with van der Waals surface area (Å²) in [4.78, 5) is 2.37. The average molecular weight is 234 g/mol. The van der Waals surface area contributed by atoms with Gasteiger partial charge in [-0.1, -0.05) is 44.2 Å². The first-order valence-corrected chi connectivity index (χ1v) is 6.39. The van der Waals surface area contributed by atoms with Crippen molar-refractivity contribution in [2.75, 3.05) is 13.6 Å². The van der Waals surface area contributed by atoms with Crippen molar-refractivity contribution in [1.82, 2.24) is 10.2 Å². The number of hydrogen-bond acceptors (Lipinski definition) is 2. The molecule has 0 unspecified atom stereocenters. The Morgan fingerprint density at radius 2 is 1.76 bits per heavy atom. The summed E-state index contributed by atoms with van der Waals surface area (Å²) < 4.78 is 0. The topological polar surface area (TPSA) is 15.3 Å². The van der Waals surface area contributed by atoms with E-state index in [0.717, 1.165) is 13.1 Å². The Morgan fingerprint density at radius 3 is 2.29 bits per heavy atom. The fourth-order valence-electron chi connectivity index (χ4n) is 2.45. The van der Waals surface area contributed by atoms with E-state index in [2.05, 4.69) is 75.3 Å². The fourth-order valence-corrected chi connectivity index (χ4v) is 2.45. The average Bonchev–Trinajstić information content (AvgIpc) is 2.15. The SMILES string of the molecule is CC(C)NC(C)(C)CN(C)Cc1ccccc1. The van der Waals surface area contributed by atoms with Crippen molar-refractivity contribution in [3.8, 4) is 0 Å². The normalized spacial score (nSPS) is 12.4. The van der Waals surface area contributed by atoms with Gasteiger partial charge in [0.1, 0.15) is 0 Å². The highest BCUT2D eigenvalue weighted by Crippen LogP contribution is 2.09. The number of hydrogen-bond donors (Lipinski definition) is 1. The molecule has 0 aliphatic carbocycles. The molecule has 0 fully saturated rings. The van der Waals surface area contributed by atoms with Gasteiger partial charge in [0, 0.05) is 24.7 Å². The van der Waals surface area contributed by atoms with Crippen LogP contribution >= 0.6 is 0 Å². The molecule has 1 aromatic carbocycles. The van der Waals surface area contributed by atoms with Crippen molar-refractivity contribution in [3.63, 3.8) is 0 Å². The summed E-state index contributed by atoms with van der Waals surface area (Å²) in [5.41, 5.74) is 1.52. The predicted octanol–water partition coefficient (Wildman–Crippen LogP) is 2.90. The van der Waals surface area contributed by atoms with E-state index in [4.69, 9.17) is 0 Å². The van der Waals surface area contributed by atoms with Gasteiger partial charge in [0.15, 0.2) is 0 Å². The molecular weight excluding hydrogens is 208 g/mol. The molecule has 1 rings (SSSR count). The van der Waals surface area contributed by atoms with Crippen LogP contribution in [0.15, 0.2) is 30.3 Å². The van der Waals surface area contributed by atoms with Crippen molar-refractivity contribution >= 4 is 0 Å². The lowest BCUT2D eigenvalue weighted by atomic mass is 10.0. The van der Waals surface area contributed by atoms with Crippen molar-refractivity contribution in [1.29, 1.82) is 0 Å². The largest absolute Gasteiger partial charge is 0.308 e. The number of benzene rings is 1. The van der Waals surface area contributed by atoms with Crippen molar-refractivity contribution in [3.05, 3.63) is 35.9 Å². The minimum Gasteiger partial charge on any atom is -0.308 e. The second kappa shape index (κ2) is 6.18. The van der Waals surface area contributed by atoms with Crippen LogP contribution in [0.3, 0.4) is 0 Å². The Morgan fingerprint density at radius 1 is 1.18 bits per heavy atom. The monoisotopic (exact) mass is 234 g/mol. The molecule has 0 radical (unpaired) electrons. The van der Waals surface area contributed by atoms with E-state index >= 15 is 0 Å². The van der Waals surface area contributed by atoms with Crippen molar-refractivity contribution < 1.29 is 0 Å². The maximum absolute atomic E-state index is 3.59. The summed E-state index contributed by atoms with van der Waals surface area (Å²) in [5, 5.41) is 3.59. The molecule has 0 saturated carbocycles. The molecule has 0 heterocycles. The van der Waals surface area contributed by atoms with Gasteiger partial charge in [-0.3, -0.25) is 0 Å². The summed E-state index contributed by atoms with van der Waals surface area (Å²) in [6, 6.07) is 11.1. The van der Waals surface area contributed by atoms with E-state index in [-0.39, 0.29) is 5.54 Å². The van der Waals surface area contributed by atoms with E-state index in [0.29, 0.717) is 6.04 Å². The van der Waals surface area contributed by atoms with Crippen LogP contribution in [0.4, 0.5) is 0 Å². The first-order valence-electron chi connectivity index (χ1n) is 6.39. The highest BCUT2D eigenvalue weighted by Gasteiger charge is 2.20. The zero-order valence-electron chi connectivity index (χ0n) is 11.8. The Hall–Kier alpha value is -0.860. The van der Waals surface area contributed by atoms with Crippen molar-refractivity contribution in [2.45, 2.75) is 45.8 Å². The second-order valence-electron chi connectivity index (χ2n) is 5.84. The Kier molecular flexibility index (Phi) is 5.16. The third kappa shape index (κ3) is 5.85. The number of nitrogens with one attached hydrogen (secondary N) is 1. The molecule has 0 aromatic heterocycles. The lowest BCUT2D eigenvalue weighted by Crippen LogP contribution is -2.50. The molecule has 2 nitrogen and oxygen atoms in total. The molecule has 1 N–H and O–H groups in total. The third-order valence-corrected chi connectivity index (χ3v) is 2.64. The van der Waals surface area contributed by atoms with E-state index in [1.165, 1.54) is 5.56 Å². The quantitative estimate of drug-likeness (QED) is 0.814. The van der Waals surface area contributed by atoms with E-state index in [1.807, 2.05) is 0 Å². The molecule has 2 heteroatoms. The lowest BCUT2D eigenvalue weighted by molar-refractivity contribution is 0.219. The Bertz CT molecular complexity index is 317. The van der Waals surface area contributed by atoms with Crippen molar-refractivity contribution in [2.24, 2.45) is 0 Å². The zero-order valence-corrected chi connectivity index (χ0v) is 11.8. The molecule has 96 valence electrons. The van der Waals surface area contributed by atoms with E-state index in [1.54, 1.807) is 0 Å². The van der Waals surface area contributed by atoms with Crippen LogP contribution < -0.4 is 5.32 Å². The standard InChI is InChI=1S/C15H26N2/c1-13(2)16-15(3,4)12-17(5)11-14-9-7-6-8-10-14/h6-10,13,16H,11-12H2,1-5H3. The summed E-state index contributed by atoms with van der Waals surface area (Å²) in [6.45, 7) is 10.9. The highest BCUT2D eigenvalue weighted by molar-refractivity contribution is 5.14. The zero-order chi connectivity index (χ0) is 12.9. The molecule has 0 aliphatic heterocycles. The molecule has 0 saturated heterocycles. The maximum Gasteiger partial charge on any atom is 0.0254 e. The lowest BCUT2D eigenvalue weighted by Gasteiger charge is -2.33. The molecular formula is C15H26N2. The van der Waals surface area contributed by atoms with Crippen LogP contribution in [0.2, 0.25) is 0 Å². The van der Waals surface area contributed by atoms with Gasteiger partial charge in [-0.25, -0.2) is 0 Å². The third-order valence-electron chi connectivity index (χ3n) is 2.64. The van der Waals surface area contributed by atoms with Crippen LogP contribution in [-0.2, 0) is 6.54 Å². The fraction of sp³-hybridized carbons (Fsp3) is 0.600. The number of nitrogens with zero attached hydrogens (tertiary/aromatic N) is 1. The summed E-state index contributed by atoms with van der Waals surface area (Å²) >= 11 is 0. The molecule has 0 bridgehead atoms. The van der Waals surface area contributed by atoms with Gasteiger partial charge in [0.2, 0.25) is 0 Å². The van der Waals surface area contributed by atoms with Crippen LogP contribution in [0.25, 0.3) is 0 Å². The number of likely N-dealkylation sites (N-methyl/N-ethyl adjacent to an activating group) is 1. The molecule has 0 amide bonds. The number of rotatable bonds is 6. The van der Waals surface area contributed by atoms with Gasteiger partial charge in [-0.05, 0) is 26.5 Å². The molecule has 1 aromatic rings. The van der Waals surface area contributed by atoms with Crippen LogP contribution in [-0.4, -0.2) is 30.1 Å². The minimum atomic E-state index is 0.150. The second-order valence-corrected chi connectivity index (χ2v) is 5.84. The van der Waals surface area contributed by atoms with Gasteiger partial charge < -0.3 is 10.2 Å². The first kappa shape index (κ1) is 14.2. The first-order chi connectivity index (χ1) is 7.89. The predicted molar refractivity (Wildman–Crippen MR) is 75.1 cm³/mol. The molecule has 0 aliphatic rings. The highest BCUT2D eigenvalue weighted by atomic mass is 15.1. The van der Waals surface area contributed by atoms with Gasteiger partial charge >= 0.3 is 0 Å². The smallest absolute Gasteiger partial charge is 0.0254 e. The van der Waals surface area contributed by atoms with Gasteiger partial charge in [0.25, 0.3) is 0 Å². The van der Waals surface area contributed by atoms with Gasteiger partial charge in [0.05, 0.1) is 0 Å². The van der Waals surface area contributed by atoms with Crippen LogP contribution in [0.5, 0.6) is 0 Å². The molecule has 0 atom stereocenters. The van der Waals surface area contributed by atoms with E-state index < -0.39 is 0 Å². The van der Waals surface area contributed by atoms with E-state index in [9.17, 15) is 0 Å². The summed E-state index contributed by atoms with van der Waals surface area (Å²) in [7, 11) is 2.18. The van der Waals surface area contributed by atoms with Gasteiger partial charge in [-0.15, -0.1) is 0 Å². The molecule has 17 heavy (non-hydrogen) atoms. The maximum atomic E-state index is 3.59. The van der Waals surface area contributed by atoms with Gasteiger partial charge in [-0.2, -0.15) is 0 Å². The summed E-state index contributed by atoms with van der Waals surface area (Å²) in [5.74, 6) is 0. The molecule has 0 spiro atoms. The van der Waals surface area contributed by atoms with Crippen LogP contribution in [0, 0.1) is 0 Å². The van der Waals surface area contributed by atoms with Crippen LogP contribution in [0.1, 0.15) is 33.3 Å².